The molecule has 0 unspecified atom stereocenters. The molecule has 0 saturated heterocycles. The molecule has 0 aromatic carbocycles. The summed E-state index contributed by atoms with van der Waals surface area (Å²) in [5, 5.41) is 0. The fourth-order valence-electron chi connectivity index (χ4n) is 7.82. The predicted octanol–water partition coefficient (Wildman–Crippen LogP) is 13.2. The Labute approximate surface area is 269 Å². The highest BCUT2D eigenvalue weighted by atomic mass is 15.6. The van der Waals surface area contributed by atoms with Gasteiger partial charge in [-0.3, -0.25) is 8.97 Å². The summed E-state index contributed by atoms with van der Waals surface area (Å²) in [5.74, 6) is 0. The van der Waals surface area contributed by atoms with Crippen LogP contribution in [-0.2, 0) is 0 Å². The highest BCUT2D eigenvalue weighted by Crippen LogP contribution is 2.34. The Kier molecular flexibility index (Phi) is 29.6. The summed E-state index contributed by atoms with van der Waals surface area (Å²) in [6.07, 6.45) is 37.9. The first kappa shape index (κ1) is 41.9. The van der Waals surface area contributed by atoms with Crippen molar-refractivity contribution >= 4 is 0 Å². The Hall–Kier alpha value is -0.0800. The maximum atomic E-state index is 2.43. The minimum Gasteiger partial charge on any atom is -0.275 e. The van der Waals surface area contributed by atoms with E-state index in [4.69, 9.17) is 0 Å². The van der Waals surface area contributed by atoms with Gasteiger partial charge in [-0.1, -0.05) is 164 Å². The van der Waals surface area contributed by atoms with E-state index in [9.17, 15) is 0 Å². The van der Waals surface area contributed by atoms with Crippen LogP contribution in [0.15, 0.2) is 0 Å². The molecule has 0 radical (unpaired) electrons. The number of hydrogen-bond donors (Lipinski definition) is 0. The molecule has 2 heteroatoms. The van der Waals surface area contributed by atoms with Gasteiger partial charge in [-0.05, 0) is 44.9 Å². The molecule has 254 valence electrons. The van der Waals surface area contributed by atoms with Crippen molar-refractivity contribution in [1.82, 2.24) is 0 Å². The third-order valence-corrected chi connectivity index (χ3v) is 10.6. The molecule has 0 aromatic rings. The van der Waals surface area contributed by atoms with Crippen molar-refractivity contribution in [3.05, 3.63) is 0 Å². The summed E-state index contributed by atoms with van der Waals surface area (Å²) in [6, 6.07) is 0. The molecular formula is C40H86N2+2. The maximum absolute atomic E-state index is 2.43. The summed E-state index contributed by atoms with van der Waals surface area (Å²) in [6.45, 7) is 25.5. The van der Waals surface area contributed by atoms with Crippen LogP contribution in [0.1, 0.15) is 215 Å². The van der Waals surface area contributed by atoms with E-state index in [0.29, 0.717) is 0 Å². The van der Waals surface area contributed by atoms with Gasteiger partial charge in [-0.15, -0.1) is 0 Å². The number of unbranched alkanes of at least 4 members (excludes halogenated alkanes) is 18. The van der Waals surface area contributed by atoms with E-state index in [1.165, 1.54) is 215 Å². The van der Waals surface area contributed by atoms with E-state index in [0.717, 1.165) is 6.17 Å². The third-order valence-electron chi connectivity index (χ3n) is 10.6. The molecule has 0 aromatic heterocycles. The standard InChI is InChI=1S/C40H86N2/c1-8-15-22-23-24-25-26-27-28-29-30-31-32-33-40(41(34-16-9-2,35-17-10-3)36-18-11-4)42(37-19-12-5,38-20-13-6)39-21-14-7/h40H,8-39H2,1-7H3/q+2. The molecule has 0 aliphatic heterocycles. The number of rotatable bonds is 34. The highest BCUT2D eigenvalue weighted by molar-refractivity contribution is 4.62. The second-order valence-corrected chi connectivity index (χ2v) is 14.4. The fraction of sp³-hybridized carbons (Fsp3) is 1.00. The van der Waals surface area contributed by atoms with E-state index >= 15 is 0 Å². The molecule has 0 saturated carbocycles. The van der Waals surface area contributed by atoms with E-state index in [1.807, 2.05) is 0 Å². The average molecular weight is 595 g/mol. The quantitative estimate of drug-likeness (QED) is 0.0395. The van der Waals surface area contributed by atoms with Gasteiger partial charge in [0.25, 0.3) is 0 Å². The van der Waals surface area contributed by atoms with Crippen LogP contribution in [0.3, 0.4) is 0 Å². The molecule has 42 heavy (non-hydrogen) atoms. The van der Waals surface area contributed by atoms with Gasteiger partial charge in [0.05, 0.1) is 45.7 Å². The van der Waals surface area contributed by atoms with Crippen LogP contribution >= 0.6 is 0 Å². The Morgan fingerprint density at radius 3 is 0.714 bits per heavy atom. The topological polar surface area (TPSA) is 0 Å². The van der Waals surface area contributed by atoms with Gasteiger partial charge >= 0.3 is 0 Å². The van der Waals surface area contributed by atoms with E-state index in [2.05, 4.69) is 48.5 Å². The van der Waals surface area contributed by atoms with Crippen LogP contribution in [0.4, 0.5) is 0 Å². The molecule has 0 aliphatic rings. The van der Waals surface area contributed by atoms with Crippen molar-refractivity contribution in [3.63, 3.8) is 0 Å². The SMILES string of the molecule is CCCCCCCCCCCCCCCC([N+](CCCC)(CCCC)CCCC)[N+](CCCC)(CCCC)CCCC. The van der Waals surface area contributed by atoms with Crippen LogP contribution in [0.2, 0.25) is 0 Å². The summed E-state index contributed by atoms with van der Waals surface area (Å²) < 4.78 is 2.90. The zero-order chi connectivity index (χ0) is 31.2. The smallest absolute Gasteiger partial charge is 0.216 e. The highest BCUT2D eigenvalue weighted by Gasteiger charge is 2.48. The molecular weight excluding hydrogens is 508 g/mol. The van der Waals surface area contributed by atoms with Crippen molar-refractivity contribution < 1.29 is 8.97 Å². The maximum Gasteiger partial charge on any atom is 0.216 e. The van der Waals surface area contributed by atoms with Gasteiger partial charge in [-0.25, -0.2) is 0 Å². The van der Waals surface area contributed by atoms with Crippen molar-refractivity contribution in [1.29, 1.82) is 0 Å². The molecule has 0 fully saturated rings. The number of quaternary nitrogens is 2. The third kappa shape index (κ3) is 18.7. The Morgan fingerprint density at radius 1 is 0.262 bits per heavy atom. The molecule has 2 nitrogen and oxygen atoms in total. The largest absolute Gasteiger partial charge is 0.275 e. The molecule has 0 amide bonds. The molecule has 0 rings (SSSR count). The zero-order valence-electron chi connectivity index (χ0n) is 31.1. The van der Waals surface area contributed by atoms with E-state index < -0.39 is 0 Å². The minimum atomic E-state index is 0.826. The molecule has 0 N–H and O–H groups in total. The fourth-order valence-corrected chi connectivity index (χ4v) is 7.82. The average Bonchev–Trinajstić information content (AvgIpc) is 3.01. The minimum absolute atomic E-state index is 0.826. The summed E-state index contributed by atoms with van der Waals surface area (Å²) in [4.78, 5) is 0. The lowest BCUT2D eigenvalue weighted by Gasteiger charge is -2.55. The molecule has 0 aliphatic carbocycles. The molecule has 0 spiro atoms. The first-order valence-corrected chi connectivity index (χ1v) is 20.3. The van der Waals surface area contributed by atoms with Crippen LogP contribution < -0.4 is 0 Å². The van der Waals surface area contributed by atoms with Crippen molar-refractivity contribution in [2.45, 2.75) is 222 Å². The van der Waals surface area contributed by atoms with Gasteiger partial charge in [0.2, 0.25) is 6.17 Å². The van der Waals surface area contributed by atoms with Crippen LogP contribution in [0, 0.1) is 0 Å². The van der Waals surface area contributed by atoms with Crippen molar-refractivity contribution in [2.75, 3.05) is 39.3 Å². The molecule has 0 bridgehead atoms. The molecule has 0 atom stereocenters. The predicted molar refractivity (Wildman–Crippen MR) is 193 cm³/mol. The van der Waals surface area contributed by atoms with Crippen LogP contribution in [0.25, 0.3) is 0 Å². The normalized spacial score (nSPS) is 12.6. The summed E-state index contributed by atoms with van der Waals surface area (Å²) in [7, 11) is 0. The Balaban J connectivity index is 5.68. The second kappa shape index (κ2) is 29.6. The Bertz CT molecular complexity index is 454. The lowest BCUT2D eigenvalue weighted by atomic mass is 9.99. The Morgan fingerprint density at radius 2 is 0.476 bits per heavy atom. The van der Waals surface area contributed by atoms with Crippen LogP contribution in [-0.4, -0.2) is 54.4 Å². The molecule has 0 heterocycles. The van der Waals surface area contributed by atoms with Gasteiger partial charge in [0.15, 0.2) is 0 Å². The first-order chi connectivity index (χ1) is 20.6. The summed E-state index contributed by atoms with van der Waals surface area (Å²) in [5.41, 5.74) is 0. The lowest BCUT2D eigenvalue weighted by molar-refractivity contribution is -1.13. The zero-order valence-corrected chi connectivity index (χ0v) is 31.1. The number of nitrogens with zero attached hydrogens (tertiary/aromatic N) is 2. The monoisotopic (exact) mass is 595 g/mol. The lowest BCUT2D eigenvalue weighted by Crippen LogP contribution is -2.71. The van der Waals surface area contributed by atoms with Crippen LogP contribution in [0.5, 0.6) is 0 Å². The van der Waals surface area contributed by atoms with Gasteiger partial charge in [0, 0.05) is 0 Å². The first-order valence-electron chi connectivity index (χ1n) is 20.3. The number of hydrogen-bond acceptors (Lipinski definition) is 0. The van der Waals surface area contributed by atoms with Gasteiger partial charge < -0.3 is 0 Å². The summed E-state index contributed by atoms with van der Waals surface area (Å²) >= 11 is 0. The second-order valence-electron chi connectivity index (χ2n) is 14.4. The van der Waals surface area contributed by atoms with Gasteiger partial charge in [0.1, 0.15) is 0 Å². The van der Waals surface area contributed by atoms with Crippen molar-refractivity contribution in [2.24, 2.45) is 0 Å². The van der Waals surface area contributed by atoms with E-state index in [1.54, 1.807) is 0 Å². The van der Waals surface area contributed by atoms with Crippen molar-refractivity contribution in [3.8, 4) is 0 Å². The van der Waals surface area contributed by atoms with E-state index in [-0.39, 0.29) is 0 Å². The van der Waals surface area contributed by atoms with Gasteiger partial charge in [-0.2, -0.15) is 0 Å².